The lowest BCUT2D eigenvalue weighted by molar-refractivity contribution is -0.137. The molecule has 1 aromatic carbocycles. The number of hydrogen-bond donors (Lipinski definition) is 1. The average molecular weight is 301 g/mol. The molecule has 1 aromatic rings. The molecule has 0 radical (unpaired) electrons. The van der Waals surface area contributed by atoms with Gasteiger partial charge in [-0.3, -0.25) is 0 Å². The summed E-state index contributed by atoms with van der Waals surface area (Å²) >= 11 is 0. The van der Waals surface area contributed by atoms with Gasteiger partial charge in [-0.25, -0.2) is 0 Å². The number of benzene rings is 1. The monoisotopic (exact) mass is 301 g/mol. The molecule has 1 aliphatic carbocycles. The zero-order valence-corrected chi connectivity index (χ0v) is 12.1. The molecule has 118 valence electrons. The van der Waals surface area contributed by atoms with Gasteiger partial charge in [0.05, 0.1) is 17.8 Å². The molecule has 1 aliphatic rings. The molecule has 1 saturated carbocycles. The second-order valence-electron chi connectivity index (χ2n) is 5.79. The zero-order valence-electron chi connectivity index (χ0n) is 12.1. The van der Waals surface area contributed by atoms with Crippen LogP contribution in [0.2, 0.25) is 0 Å². The van der Waals surface area contributed by atoms with Crippen LogP contribution in [0.4, 0.5) is 13.2 Å². The molecule has 2 N–H and O–H groups in total. The van der Waals surface area contributed by atoms with E-state index in [1.807, 2.05) is 0 Å². The Morgan fingerprint density at radius 3 is 2.33 bits per heavy atom. The van der Waals surface area contributed by atoms with Crippen LogP contribution in [0.15, 0.2) is 24.3 Å². The van der Waals surface area contributed by atoms with Crippen molar-refractivity contribution in [2.75, 3.05) is 6.54 Å². The molecule has 0 atom stereocenters. The van der Waals surface area contributed by atoms with Crippen molar-refractivity contribution in [2.45, 2.75) is 56.9 Å². The third kappa shape index (κ3) is 4.45. The van der Waals surface area contributed by atoms with Crippen molar-refractivity contribution >= 4 is 0 Å². The first-order chi connectivity index (χ1) is 9.95. The lowest BCUT2D eigenvalue weighted by atomic mass is 9.94. The molecule has 0 bridgehead atoms. The van der Waals surface area contributed by atoms with Gasteiger partial charge in [0.1, 0.15) is 0 Å². The van der Waals surface area contributed by atoms with Crippen molar-refractivity contribution in [3.05, 3.63) is 35.4 Å². The molecule has 0 spiro atoms. The Hall–Kier alpha value is -1.07. The van der Waals surface area contributed by atoms with E-state index in [1.54, 1.807) is 6.07 Å². The van der Waals surface area contributed by atoms with Crippen LogP contribution < -0.4 is 5.73 Å². The summed E-state index contributed by atoms with van der Waals surface area (Å²) in [6.07, 6.45) is 1.96. The van der Waals surface area contributed by atoms with Crippen LogP contribution in [0.1, 0.15) is 49.7 Å². The van der Waals surface area contributed by atoms with Gasteiger partial charge in [-0.15, -0.1) is 0 Å². The molecule has 0 saturated heterocycles. The molecule has 0 heterocycles. The van der Waals surface area contributed by atoms with Crippen molar-refractivity contribution in [3.8, 4) is 0 Å². The summed E-state index contributed by atoms with van der Waals surface area (Å²) in [5.41, 5.74) is 5.41. The Labute approximate surface area is 123 Å². The van der Waals surface area contributed by atoms with E-state index in [1.165, 1.54) is 18.9 Å². The summed E-state index contributed by atoms with van der Waals surface area (Å²) in [5, 5.41) is 0. The summed E-state index contributed by atoms with van der Waals surface area (Å²) in [6.45, 7) is 0.604. The van der Waals surface area contributed by atoms with E-state index in [0.29, 0.717) is 12.1 Å². The first kappa shape index (κ1) is 16.3. The largest absolute Gasteiger partial charge is 0.416 e. The quantitative estimate of drug-likeness (QED) is 0.843. The van der Waals surface area contributed by atoms with E-state index < -0.39 is 11.7 Å². The van der Waals surface area contributed by atoms with Crippen molar-refractivity contribution in [1.29, 1.82) is 0 Å². The van der Waals surface area contributed by atoms with E-state index in [-0.39, 0.29) is 12.2 Å². The molecule has 0 aliphatic heterocycles. The molecule has 2 rings (SSSR count). The predicted molar refractivity (Wildman–Crippen MR) is 75.7 cm³/mol. The van der Waals surface area contributed by atoms with Crippen LogP contribution in [0, 0.1) is 0 Å². The zero-order chi connectivity index (χ0) is 15.3. The maximum atomic E-state index is 12.7. The van der Waals surface area contributed by atoms with E-state index in [0.717, 1.165) is 37.8 Å². The Bertz CT molecular complexity index is 451. The fraction of sp³-hybridized carbons (Fsp3) is 0.625. The standard InChI is InChI=1S/C16H22F3NO/c17-16(18,19)14-7-5-6-13(10-14)11-21-15(12-20)8-3-1-2-4-9-15/h5-7,10H,1-4,8-9,11-12,20H2. The van der Waals surface area contributed by atoms with Crippen LogP contribution in [0.25, 0.3) is 0 Å². The minimum Gasteiger partial charge on any atom is -0.369 e. The number of nitrogens with two attached hydrogens (primary N) is 1. The first-order valence-corrected chi connectivity index (χ1v) is 7.45. The number of hydrogen-bond acceptors (Lipinski definition) is 2. The van der Waals surface area contributed by atoms with Gasteiger partial charge >= 0.3 is 6.18 Å². The molecule has 0 amide bonds. The summed E-state index contributed by atoms with van der Waals surface area (Å²) in [6, 6.07) is 5.31. The Morgan fingerprint density at radius 2 is 1.76 bits per heavy atom. The fourth-order valence-electron chi connectivity index (χ4n) is 2.85. The van der Waals surface area contributed by atoms with Gasteiger partial charge in [-0.2, -0.15) is 13.2 Å². The maximum absolute atomic E-state index is 12.7. The Morgan fingerprint density at radius 1 is 1.10 bits per heavy atom. The third-order valence-electron chi connectivity index (χ3n) is 4.19. The normalized spacial score (nSPS) is 19.2. The van der Waals surface area contributed by atoms with Crippen LogP contribution in [-0.2, 0) is 17.5 Å². The highest BCUT2D eigenvalue weighted by atomic mass is 19.4. The van der Waals surface area contributed by atoms with E-state index in [2.05, 4.69) is 0 Å². The second-order valence-corrected chi connectivity index (χ2v) is 5.79. The number of halogens is 3. The lowest BCUT2D eigenvalue weighted by Gasteiger charge is -2.31. The maximum Gasteiger partial charge on any atom is 0.416 e. The Balaban J connectivity index is 2.04. The SMILES string of the molecule is NCC1(OCc2cccc(C(F)(F)F)c2)CCCCCC1. The third-order valence-corrected chi connectivity index (χ3v) is 4.19. The minimum atomic E-state index is -4.32. The van der Waals surface area contributed by atoms with Crippen LogP contribution in [0.3, 0.4) is 0 Å². The topological polar surface area (TPSA) is 35.2 Å². The molecule has 5 heteroatoms. The highest BCUT2D eigenvalue weighted by Gasteiger charge is 2.32. The number of alkyl halides is 3. The Kier molecular flexibility index (Phi) is 5.27. The van der Waals surface area contributed by atoms with E-state index in [4.69, 9.17) is 10.5 Å². The van der Waals surface area contributed by atoms with Gasteiger partial charge in [0.25, 0.3) is 0 Å². The molecular formula is C16H22F3NO. The van der Waals surface area contributed by atoms with Crippen molar-refractivity contribution in [3.63, 3.8) is 0 Å². The molecule has 0 unspecified atom stereocenters. The van der Waals surface area contributed by atoms with Gasteiger partial charge < -0.3 is 10.5 Å². The van der Waals surface area contributed by atoms with Gasteiger partial charge in [0.15, 0.2) is 0 Å². The van der Waals surface area contributed by atoms with E-state index in [9.17, 15) is 13.2 Å². The van der Waals surface area contributed by atoms with Gasteiger partial charge in [-0.05, 0) is 30.5 Å². The van der Waals surface area contributed by atoms with E-state index >= 15 is 0 Å². The highest BCUT2D eigenvalue weighted by molar-refractivity contribution is 5.25. The molecule has 21 heavy (non-hydrogen) atoms. The van der Waals surface area contributed by atoms with Crippen LogP contribution in [-0.4, -0.2) is 12.1 Å². The number of ether oxygens (including phenoxy) is 1. The van der Waals surface area contributed by atoms with Crippen molar-refractivity contribution in [1.82, 2.24) is 0 Å². The summed E-state index contributed by atoms with van der Waals surface area (Å²) < 4.78 is 44.1. The summed E-state index contributed by atoms with van der Waals surface area (Å²) in [4.78, 5) is 0. The molecular weight excluding hydrogens is 279 g/mol. The van der Waals surface area contributed by atoms with Gasteiger partial charge in [0.2, 0.25) is 0 Å². The predicted octanol–water partition coefficient (Wildman–Crippen LogP) is 4.27. The molecule has 0 aromatic heterocycles. The molecule has 1 fully saturated rings. The van der Waals surface area contributed by atoms with Gasteiger partial charge in [-0.1, -0.05) is 37.8 Å². The smallest absolute Gasteiger partial charge is 0.369 e. The highest BCUT2D eigenvalue weighted by Crippen LogP contribution is 2.32. The average Bonchev–Trinajstić information content (AvgIpc) is 2.71. The van der Waals surface area contributed by atoms with Gasteiger partial charge in [0, 0.05) is 6.54 Å². The van der Waals surface area contributed by atoms with Crippen LogP contribution in [0.5, 0.6) is 0 Å². The summed E-state index contributed by atoms with van der Waals surface area (Å²) in [5.74, 6) is 0. The lowest BCUT2D eigenvalue weighted by Crippen LogP contribution is -2.40. The minimum absolute atomic E-state index is 0.182. The van der Waals surface area contributed by atoms with Crippen molar-refractivity contribution in [2.24, 2.45) is 5.73 Å². The molecule has 2 nitrogen and oxygen atoms in total. The first-order valence-electron chi connectivity index (χ1n) is 7.45. The van der Waals surface area contributed by atoms with Crippen molar-refractivity contribution < 1.29 is 17.9 Å². The van der Waals surface area contributed by atoms with Crippen LogP contribution >= 0.6 is 0 Å². The number of rotatable bonds is 4. The summed E-state index contributed by atoms with van der Waals surface area (Å²) in [7, 11) is 0. The second kappa shape index (κ2) is 6.79. The fourth-order valence-corrected chi connectivity index (χ4v) is 2.85.